The molecule has 0 radical (unpaired) electrons. The van der Waals surface area contributed by atoms with E-state index in [1.54, 1.807) is 12.1 Å². The van der Waals surface area contributed by atoms with E-state index in [1.165, 1.54) is 45.6 Å². The lowest BCUT2D eigenvalue weighted by Crippen LogP contribution is -2.39. The molecule has 172 valence electrons. The molecule has 1 aliphatic rings. The predicted octanol–water partition coefficient (Wildman–Crippen LogP) is 2.85. The summed E-state index contributed by atoms with van der Waals surface area (Å²) in [5, 5.41) is 11.0. The molecule has 3 rings (SSSR count). The number of morpholine rings is 1. The third-order valence-electron chi connectivity index (χ3n) is 5.15. The molecule has 32 heavy (non-hydrogen) atoms. The molecule has 10 heteroatoms. The number of nitro benzene ring substituents is 1. The number of carbonyl (C=O) groups is 1. The topological polar surface area (TPSA) is 110 Å². The fourth-order valence-corrected chi connectivity index (χ4v) is 3.44. The maximum atomic E-state index is 13.1. The van der Waals surface area contributed by atoms with Crippen LogP contribution < -0.4 is 14.2 Å². The van der Waals surface area contributed by atoms with Gasteiger partial charge in [0.2, 0.25) is 5.75 Å². The number of methoxy groups -OCH3 is 3. The summed E-state index contributed by atoms with van der Waals surface area (Å²) in [7, 11) is 4.40. The van der Waals surface area contributed by atoms with Gasteiger partial charge in [-0.2, -0.15) is 0 Å². The summed E-state index contributed by atoms with van der Waals surface area (Å²) in [6.45, 7) is 3.01. The Kier molecular flexibility index (Phi) is 7.85. The number of ether oxygens (including phenoxy) is 5. The Bertz CT molecular complexity index is 916. The predicted molar refractivity (Wildman–Crippen MR) is 115 cm³/mol. The van der Waals surface area contributed by atoms with Crippen molar-refractivity contribution >= 4 is 11.7 Å². The van der Waals surface area contributed by atoms with Crippen LogP contribution in [0.4, 0.5) is 5.69 Å². The largest absolute Gasteiger partial charge is 0.493 e. The van der Waals surface area contributed by atoms with Gasteiger partial charge in [0.25, 0.3) is 5.69 Å². The number of hydrogen-bond acceptors (Lipinski definition) is 9. The molecular formula is C22H26N2O8. The molecule has 0 bridgehead atoms. The van der Waals surface area contributed by atoms with Gasteiger partial charge in [-0.1, -0.05) is 0 Å². The zero-order chi connectivity index (χ0) is 23.1. The van der Waals surface area contributed by atoms with E-state index in [9.17, 15) is 14.9 Å². The lowest BCUT2D eigenvalue weighted by Gasteiger charge is -2.30. The van der Waals surface area contributed by atoms with Crippen LogP contribution in [0.1, 0.15) is 22.0 Å². The van der Waals surface area contributed by atoms with E-state index < -0.39 is 17.0 Å². The van der Waals surface area contributed by atoms with Gasteiger partial charge in [-0.05, 0) is 29.8 Å². The fourth-order valence-electron chi connectivity index (χ4n) is 3.44. The third-order valence-corrected chi connectivity index (χ3v) is 5.15. The second kappa shape index (κ2) is 10.8. The fraction of sp³-hybridized carbons (Fsp3) is 0.409. The zero-order valence-electron chi connectivity index (χ0n) is 18.2. The molecular weight excluding hydrogens is 420 g/mol. The monoisotopic (exact) mass is 446 g/mol. The van der Waals surface area contributed by atoms with E-state index in [0.717, 1.165) is 0 Å². The third kappa shape index (κ3) is 5.45. The second-order valence-electron chi connectivity index (χ2n) is 7.07. The van der Waals surface area contributed by atoms with Crippen LogP contribution in [0.5, 0.6) is 17.2 Å². The molecule has 2 aromatic carbocycles. The molecule has 1 unspecified atom stereocenters. The van der Waals surface area contributed by atoms with Gasteiger partial charge in [0.1, 0.15) is 6.10 Å². The Morgan fingerprint density at radius 3 is 2.16 bits per heavy atom. The summed E-state index contributed by atoms with van der Waals surface area (Å²) in [6, 6.07) is 9.04. The van der Waals surface area contributed by atoms with Crippen LogP contribution in [0.25, 0.3) is 0 Å². The maximum Gasteiger partial charge on any atom is 0.339 e. The number of rotatable bonds is 9. The molecule has 0 spiro atoms. The molecule has 1 saturated heterocycles. The van der Waals surface area contributed by atoms with Crippen molar-refractivity contribution in [2.45, 2.75) is 6.10 Å². The molecule has 0 aliphatic carbocycles. The minimum atomic E-state index is -0.638. The lowest BCUT2D eigenvalue weighted by atomic mass is 10.1. The van der Waals surface area contributed by atoms with Gasteiger partial charge in [0.05, 0.1) is 45.0 Å². The van der Waals surface area contributed by atoms with Crippen LogP contribution in [0, 0.1) is 10.1 Å². The van der Waals surface area contributed by atoms with Crippen LogP contribution in [0.15, 0.2) is 36.4 Å². The summed E-state index contributed by atoms with van der Waals surface area (Å²) < 4.78 is 27.2. The molecule has 0 N–H and O–H groups in total. The summed E-state index contributed by atoms with van der Waals surface area (Å²) in [4.78, 5) is 25.7. The first-order valence-corrected chi connectivity index (χ1v) is 10.0. The molecule has 1 fully saturated rings. The Balaban J connectivity index is 1.87. The second-order valence-corrected chi connectivity index (χ2v) is 7.07. The molecule has 0 amide bonds. The van der Waals surface area contributed by atoms with E-state index in [2.05, 4.69) is 4.90 Å². The van der Waals surface area contributed by atoms with Gasteiger partial charge in [-0.3, -0.25) is 15.0 Å². The normalized spacial score (nSPS) is 15.0. The van der Waals surface area contributed by atoms with Crippen LogP contribution in [-0.2, 0) is 9.47 Å². The molecule has 1 aliphatic heterocycles. The first-order valence-electron chi connectivity index (χ1n) is 10.0. The summed E-state index contributed by atoms with van der Waals surface area (Å²) in [5.41, 5.74) is 0.853. The Hall–Kier alpha value is -3.37. The average molecular weight is 446 g/mol. The van der Waals surface area contributed by atoms with Crippen molar-refractivity contribution in [2.24, 2.45) is 0 Å². The Morgan fingerprint density at radius 2 is 1.66 bits per heavy atom. The zero-order valence-corrected chi connectivity index (χ0v) is 18.2. The molecule has 1 atom stereocenters. The van der Waals surface area contributed by atoms with E-state index in [1.807, 2.05) is 0 Å². The molecule has 2 aromatic rings. The Morgan fingerprint density at radius 1 is 1.06 bits per heavy atom. The van der Waals surface area contributed by atoms with Crippen LogP contribution in [0.2, 0.25) is 0 Å². The van der Waals surface area contributed by atoms with Gasteiger partial charge in [0.15, 0.2) is 11.5 Å². The van der Waals surface area contributed by atoms with Crippen molar-refractivity contribution < 1.29 is 33.4 Å². The number of non-ortho nitro benzene ring substituents is 1. The SMILES string of the molecule is COc1cc(C(=O)OC(CN2CCOCC2)c2ccc([N+](=O)[O-])cc2)cc(OC)c1OC. The van der Waals surface area contributed by atoms with E-state index in [0.29, 0.717) is 55.7 Å². The lowest BCUT2D eigenvalue weighted by molar-refractivity contribution is -0.384. The first-order chi connectivity index (χ1) is 15.5. The van der Waals surface area contributed by atoms with Gasteiger partial charge >= 0.3 is 5.97 Å². The summed E-state index contributed by atoms with van der Waals surface area (Å²) in [5.74, 6) is 0.449. The number of hydrogen-bond donors (Lipinski definition) is 0. The number of carbonyl (C=O) groups excluding carboxylic acids is 1. The molecule has 1 heterocycles. The minimum absolute atomic E-state index is 0.0326. The molecule has 0 saturated carbocycles. The standard InChI is InChI=1S/C22H26N2O8/c1-28-18-12-16(13-19(29-2)21(18)30-3)22(25)32-20(14-23-8-10-31-11-9-23)15-4-6-17(7-5-15)24(26)27/h4-7,12-13,20H,8-11,14H2,1-3H3. The van der Waals surface area contributed by atoms with Crippen LogP contribution in [-0.4, -0.2) is 70.0 Å². The number of esters is 1. The van der Waals surface area contributed by atoms with E-state index >= 15 is 0 Å². The minimum Gasteiger partial charge on any atom is -0.493 e. The van der Waals surface area contributed by atoms with Crippen molar-refractivity contribution in [3.63, 3.8) is 0 Å². The van der Waals surface area contributed by atoms with Crippen molar-refractivity contribution in [3.05, 3.63) is 57.6 Å². The summed E-state index contributed by atoms with van der Waals surface area (Å²) >= 11 is 0. The van der Waals surface area contributed by atoms with Gasteiger partial charge in [-0.25, -0.2) is 4.79 Å². The van der Waals surface area contributed by atoms with Crippen LogP contribution in [0.3, 0.4) is 0 Å². The summed E-state index contributed by atoms with van der Waals surface area (Å²) in [6.07, 6.45) is -0.638. The number of nitrogens with zero attached hydrogens (tertiary/aromatic N) is 2. The van der Waals surface area contributed by atoms with Crippen molar-refractivity contribution in [1.82, 2.24) is 4.90 Å². The number of benzene rings is 2. The van der Waals surface area contributed by atoms with Gasteiger partial charge < -0.3 is 23.7 Å². The van der Waals surface area contributed by atoms with Crippen LogP contribution >= 0.6 is 0 Å². The van der Waals surface area contributed by atoms with Gasteiger partial charge in [0, 0.05) is 31.8 Å². The Labute approximate surface area is 185 Å². The van der Waals surface area contributed by atoms with Crippen molar-refractivity contribution in [1.29, 1.82) is 0 Å². The maximum absolute atomic E-state index is 13.1. The first kappa shape index (κ1) is 23.3. The number of nitro groups is 1. The quantitative estimate of drug-likeness (QED) is 0.326. The van der Waals surface area contributed by atoms with Gasteiger partial charge in [-0.15, -0.1) is 0 Å². The highest BCUT2D eigenvalue weighted by molar-refractivity contribution is 5.91. The smallest absolute Gasteiger partial charge is 0.339 e. The van der Waals surface area contributed by atoms with E-state index in [-0.39, 0.29) is 11.3 Å². The van der Waals surface area contributed by atoms with Crippen molar-refractivity contribution in [3.8, 4) is 17.2 Å². The van der Waals surface area contributed by atoms with E-state index in [4.69, 9.17) is 23.7 Å². The average Bonchev–Trinajstić information content (AvgIpc) is 2.83. The molecule has 0 aromatic heterocycles. The molecule has 10 nitrogen and oxygen atoms in total. The highest BCUT2D eigenvalue weighted by Gasteiger charge is 2.25. The highest BCUT2D eigenvalue weighted by atomic mass is 16.6. The highest BCUT2D eigenvalue weighted by Crippen LogP contribution is 2.38. The van der Waals surface area contributed by atoms with Crippen molar-refractivity contribution in [2.75, 3.05) is 54.2 Å².